The maximum atomic E-state index is 4.83. The fraction of sp³-hybridized carbons (Fsp3) is 0.125. The van der Waals surface area contributed by atoms with Gasteiger partial charge in [-0.05, 0) is 24.7 Å². The zero-order chi connectivity index (χ0) is 7.68. The molecule has 0 radical (unpaired) electrons. The lowest BCUT2D eigenvalue weighted by Gasteiger charge is -2.09. The van der Waals surface area contributed by atoms with E-state index in [1.54, 1.807) is 6.21 Å². The zero-order valence-corrected chi connectivity index (χ0v) is 6.64. The van der Waals surface area contributed by atoms with E-state index >= 15 is 0 Å². The molecular weight excluding hydrogens is 156 g/mol. The zero-order valence-electron chi connectivity index (χ0n) is 5.82. The smallest absolute Gasteiger partial charge is 0.219 e. The highest BCUT2D eigenvalue weighted by Crippen LogP contribution is 2.11. The van der Waals surface area contributed by atoms with E-state index in [2.05, 4.69) is 22.1 Å². The molecule has 0 amide bonds. The Labute approximate surface area is 70.1 Å². The third kappa shape index (κ3) is 1.19. The molecule has 0 spiro atoms. The van der Waals surface area contributed by atoms with Crippen LogP contribution in [0.2, 0.25) is 0 Å². The van der Waals surface area contributed by atoms with E-state index in [4.69, 9.17) is 12.2 Å². The summed E-state index contributed by atoms with van der Waals surface area (Å²) in [5.74, 6) is 0. The Bertz CT molecular complexity index is 321. The van der Waals surface area contributed by atoms with E-state index in [0.717, 1.165) is 17.7 Å². The second-order valence-electron chi connectivity index (χ2n) is 2.34. The van der Waals surface area contributed by atoms with Gasteiger partial charge in [-0.1, -0.05) is 12.2 Å². The maximum Gasteiger partial charge on any atom is 0.219 e. The number of thiocarbonyl (C=S) groups is 1. The second-order valence-corrected chi connectivity index (χ2v) is 2.70. The van der Waals surface area contributed by atoms with Crippen LogP contribution in [0.5, 0.6) is 0 Å². The lowest BCUT2D eigenvalue weighted by atomic mass is 10.0. The molecule has 0 saturated heterocycles. The molecule has 0 fully saturated rings. The van der Waals surface area contributed by atoms with Crippen molar-refractivity contribution in [3.63, 3.8) is 0 Å². The predicted molar refractivity (Wildman–Crippen MR) is 50.4 cm³/mol. The van der Waals surface area contributed by atoms with Gasteiger partial charge in [0.05, 0.1) is 5.71 Å². The van der Waals surface area contributed by atoms with Crippen molar-refractivity contribution in [2.75, 3.05) is 0 Å². The van der Waals surface area contributed by atoms with Crippen LogP contribution in [0, 0.1) is 0 Å². The minimum atomic E-state index is 0.420. The second kappa shape index (κ2) is 2.51. The Hall–Kier alpha value is -1.09. The lowest BCUT2D eigenvalue weighted by molar-refractivity contribution is 1.36. The van der Waals surface area contributed by atoms with E-state index < -0.39 is 0 Å². The molecular formula is C8H6N2S. The molecule has 1 aliphatic heterocycles. The highest BCUT2D eigenvalue weighted by Gasteiger charge is 2.09. The van der Waals surface area contributed by atoms with Crippen molar-refractivity contribution in [2.24, 2.45) is 9.98 Å². The molecule has 54 valence electrons. The molecule has 2 aliphatic rings. The summed E-state index contributed by atoms with van der Waals surface area (Å²) in [6, 6.07) is 0. The standard InChI is InChI=1S/C8H6N2S/c11-8-9-5-6-3-1-2-4-7(6)10-8/h2-5H,1H2. The summed E-state index contributed by atoms with van der Waals surface area (Å²) >= 11 is 4.83. The van der Waals surface area contributed by atoms with Gasteiger partial charge in [-0.3, -0.25) is 0 Å². The molecule has 1 aliphatic carbocycles. The van der Waals surface area contributed by atoms with E-state index in [1.807, 2.05) is 6.08 Å². The average Bonchev–Trinajstić information content (AvgIpc) is 2.04. The predicted octanol–water partition coefficient (Wildman–Crippen LogP) is 1.68. The Balaban J connectivity index is 2.44. The van der Waals surface area contributed by atoms with Crippen molar-refractivity contribution in [3.8, 4) is 0 Å². The quantitative estimate of drug-likeness (QED) is 0.497. The third-order valence-electron chi connectivity index (χ3n) is 1.58. The Morgan fingerprint density at radius 3 is 3.27 bits per heavy atom. The van der Waals surface area contributed by atoms with Gasteiger partial charge in [0.1, 0.15) is 0 Å². The summed E-state index contributed by atoms with van der Waals surface area (Å²) in [4.78, 5) is 8.03. The first-order chi connectivity index (χ1) is 5.36. The first-order valence-electron chi connectivity index (χ1n) is 3.40. The maximum absolute atomic E-state index is 4.83. The Kier molecular flexibility index (Phi) is 1.51. The van der Waals surface area contributed by atoms with Crippen LogP contribution in [0.15, 0.2) is 33.8 Å². The van der Waals surface area contributed by atoms with Crippen LogP contribution in [-0.4, -0.2) is 17.0 Å². The minimum absolute atomic E-state index is 0.420. The summed E-state index contributed by atoms with van der Waals surface area (Å²) < 4.78 is 0. The Morgan fingerprint density at radius 2 is 2.36 bits per heavy atom. The molecule has 0 aromatic rings. The van der Waals surface area contributed by atoms with Crippen LogP contribution < -0.4 is 0 Å². The van der Waals surface area contributed by atoms with Crippen LogP contribution in [0.25, 0.3) is 0 Å². The fourth-order valence-electron chi connectivity index (χ4n) is 1.05. The molecule has 0 aromatic heterocycles. The number of allylic oxidation sites excluding steroid dienone is 4. The molecule has 0 bridgehead atoms. The Morgan fingerprint density at radius 1 is 1.45 bits per heavy atom. The molecule has 2 rings (SSSR count). The van der Waals surface area contributed by atoms with E-state index in [1.165, 1.54) is 0 Å². The molecule has 1 heterocycles. The van der Waals surface area contributed by atoms with E-state index in [0.29, 0.717) is 5.11 Å². The number of hydrogen-bond donors (Lipinski definition) is 0. The minimum Gasteiger partial charge on any atom is -0.226 e. The number of rotatable bonds is 0. The largest absolute Gasteiger partial charge is 0.226 e. The van der Waals surface area contributed by atoms with Crippen LogP contribution in [0.3, 0.4) is 0 Å². The van der Waals surface area contributed by atoms with E-state index in [-0.39, 0.29) is 0 Å². The van der Waals surface area contributed by atoms with E-state index in [9.17, 15) is 0 Å². The monoisotopic (exact) mass is 162 g/mol. The molecule has 0 unspecified atom stereocenters. The highest BCUT2D eigenvalue weighted by molar-refractivity contribution is 7.80. The summed E-state index contributed by atoms with van der Waals surface area (Å²) in [5.41, 5.74) is 2.03. The SMILES string of the molecule is S=C1N=CC2=CCC=CC2=N1. The van der Waals surface area contributed by atoms with Gasteiger partial charge < -0.3 is 0 Å². The molecule has 11 heavy (non-hydrogen) atoms. The van der Waals surface area contributed by atoms with Gasteiger partial charge in [0.15, 0.2) is 0 Å². The first-order valence-corrected chi connectivity index (χ1v) is 3.81. The van der Waals surface area contributed by atoms with Crippen LogP contribution in [0.4, 0.5) is 0 Å². The van der Waals surface area contributed by atoms with Crippen molar-refractivity contribution < 1.29 is 0 Å². The van der Waals surface area contributed by atoms with Gasteiger partial charge in [0.25, 0.3) is 0 Å². The summed E-state index contributed by atoms with van der Waals surface area (Å²) in [6.45, 7) is 0. The summed E-state index contributed by atoms with van der Waals surface area (Å²) in [5, 5.41) is 0.420. The van der Waals surface area contributed by atoms with Gasteiger partial charge in [-0.25, -0.2) is 9.98 Å². The number of nitrogens with zero attached hydrogens (tertiary/aromatic N) is 2. The van der Waals surface area contributed by atoms with Crippen molar-refractivity contribution in [3.05, 3.63) is 23.8 Å². The van der Waals surface area contributed by atoms with Gasteiger partial charge in [0, 0.05) is 11.8 Å². The molecule has 0 N–H and O–H groups in total. The normalized spacial score (nSPS) is 20.9. The van der Waals surface area contributed by atoms with Crippen molar-refractivity contribution in [1.82, 2.24) is 0 Å². The molecule has 2 nitrogen and oxygen atoms in total. The number of aliphatic imine (C=N–C) groups is 2. The van der Waals surface area contributed by atoms with Crippen molar-refractivity contribution in [1.29, 1.82) is 0 Å². The van der Waals surface area contributed by atoms with Crippen molar-refractivity contribution in [2.45, 2.75) is 6.42 Å². The topological polar surface area (TPSA) is 24.7 Å². The fourth-order valence-corrected chi connectivity index (χ4v) is 1.20. The van der Waals surface area contributed by atoms with Gasteiger partial charge >= 0.3 is 0 Å². The van der Waals surface area contributed by atoms with Crippen LogP contribution >= 0.6 is 12.2 Å². The number of hydrogen-bond acceptors (Lipinski definition) is 1. The summed E-state index contributed by atoms with van der Waals surface area (Å²) in [6.07, 6.45) is 8.86. The lowest BCUT2D eigenvalue weighted by Crippen LogP contribution is -2.11. The van der Waals surface area contributed by atoms with Crippen LogP contribution in [0.1, 0.15) is 6.42 Å². The molecule has 3 heteroatoms. The van der Waals surface area contributed by atoms with Gasteiger partial charge in [-0.15, -0.1) is 0 Å². The average molecular weight is 162 g/mol. The molecule has 0 atom stereocenters. The molecule has 0 aromatic carbocycles. The first kappa shape index (κ1) is 6.61. The molecule has 0 saturated carbocycles. The summed E-state index contributed by atoms with van der Waals surface area (Å²) in [7, 11) is 0. The highest BCUT2D eigenvalue weighted by atomic mass is 32.1. The van der Waals surface area contributed by atoms with Crippen LogP contribution in [-0.2, 0) is 0 Å². The van der Waals surface area contributed by atoms with Gasteiger partial charge in [-0.2, -0.15) is 0 Å². The third-order valence-corrected chi connectivity index (χ3v) is 1.77. The van der Waals surface area contributed by atoms with Gasteiger partial charge in [0.2, 0.25) is 5.11 Å². The number of fused-ring (bicyclic) bond motifs is 1. The van der Waals surface area contributed by atoms with Crippen molar-refractivity contribution >= 4 is 29.3 Å².